The van der Waals surface area contributed by atoms with Crippen LogP contribution in [0.15, 0.2) is 24.3 Å². The highest BCUT2D eigenvalue weighted by Gasteiger charge is 2.20. The van der Waals surface area contributed by atoms with Gasteiger partial charge in [0.1, 0.15) is 11.9 Å². The van der Waals surface area contributed by atoms with Gasteiger partial charge in [0.2, 0.25) is 0 Å². The van der Waals surface area contributed by atoms with Gasteiger partial charge >= 0.3 is 0 Å². The molecule has 0 bridgehead atoms. The Morgan fingerprint density at radius 1 is 1.40 bits per heavy atom. The first-order valence-corrected chi connectivity index (χ1v) is 5.31. The molecule has 1 N–H and O–H groups in total. The van der Waals surface area contributed by atoms with Gasteiger partial charge in [-0.3, -0.25) is 0 Å². The maximum Gasteiger partial charge on any atom is 0.129 e. The summed E-state index contributed by atoms with van der Waals surface area (Å²) in [5, 5.41) is 9.70. The van der Waals surface area contributed by atoms with Gasteiger partial charge in [-0.05, 0) is 25.3 Å². The minimum atomic E-state index is -0.855. The maximum absolute atomic E-state index is 13.2. The number of aliphatic hydroxyl groups is 1. The summed E-state index contributed by atoms with van der Waals surface area (Å²) in [7, 11) is 0. The Bertz CT molecular complexity index is 323. The van der Waals surface area contributed by atoms with E-state index in [1.54, 1.807) is 18.2 Å². The summed E-state index contributed by atoms with van der Waals surface area (Å²) in [6.45, 7) is 0.186. The predicted octanol–water partition coefficient (Wildman–Crippen LogP) is 2.43. The van der Waals surface area contributed by atoms with Crippen LogP contribution in [-0.4, -0.2) is 17.8 Å². The third-order valence-electron chi connectivity index (χ3n) is 2.81. The molecule has 0 radical (unpaired) electrons. The van der Waals surface area contributed by atoms with Gasteiger partial charge in [0.05, 0.1) is 12.7 Å². The Morgan fingerprint density at radius 2 is 2.13 bits per heavy atom. The van der Waals surface area contributed by atoms with Crippen LogP contribution in [0.5, 0.6) is 0 Å². The van der Waals surface area contributed by atoms with Gasteiger partial charge in [-0.2, -0.15) is 0 Å². The molecule has 1 aromatic carbocycles. The topological polar surface area (TPSA) is 29.5 Å². The molecule has 1 aromatic rings. The first kappa shape index (κ1) is 10.6. The van der Waals surface area contributed by atoms with Crippen molar-refractivity contribution in [2.24, 2.45) is 0 Å². The van der Waals surface area contributed by atoms with E-state index in [0.29, 0.717) is 5.56 Å². The van der Waals surface area contributed by atoms with Crippen molar-refractivity contribution in [2.45, 2.75) is 31.5 Å². The standard InChI is InChI=1S/C12H15FO2/c13-11-7-2-1-6-10(11)12(14)8-15-9-4-3-5-9/h1-2,6-7,9,12,14H,3-5,8H2. The van der Waals surface area contributed by atoms with E-state index in [2.05, 4.69) is 0 Å². The van der Waals surface area contributed by atoms with E-state index in [0.717, 1.165) is 12.8 Å². The van der Waals surface area contributed by atoms with Gasteiger partial charge < -0.3 is 9.84 Å². The molecular formula is C12H15FO2. The van der Waals surface area contributed by atoms with Gasteiger partial charge in [0, 0.05) is 5.56 Å². The smallest absolute Gasteiger partial charge is 0.129 e. The van der Waals surface area contributed by atoms with E-state index < -0.39 is 6.10 Å². The molecule has 0 spiro atoms. The van der Waals surface area contributed by atoms with Crippen LogP contribution in [0, 0.1) is 5.82 Å². The summed E-state index contributed by atoms with van der Waals surface area (Å²) in [6, 6.07) is 6.26. The lowest BCUT2D eigenvalue weighted by Gasteiger charge is -2.26. The number of benzene rings is 1. The highest BCUT2D eigenvalue weighted by atomic mass is 19.1. The number of halogens is 1. The van der Waals surface area contributed by atoms with Crippen molar-refractivity contribution in [1.82, 2.24) is 0 Å². The van der Waals surface area contributed by atoms with Gasteiger partial charge in [-0.15, -0.1) is 0 Å². The second-order valence-corrected chi connectivity index (χ2v) is 3.92. The van der Waals surface area contributed by atoms with E-state index in [1.165, 1.54) is 12.5 Å². The van der Waals surface area contributed by atoms with Crippen LogP contribution in [0.3, 0.4) is 0 Å². The molecule has 0 saturated heterocycles. The van der Waals surface area contributed by atoms with Crippen LogP contribution in [0.4, 0.5) is 4.39 Å². The van der Waals surface area contributed by atoms with Gasteiger partial charge in [0.25, 0.3) is 0 Å². The lowest BCUT2D eigenvalue weighted by molar-refractivity contribution is -0.0434. The highest BCUT2D eigenvalue weighted by Crippen LogP contribution is 2.24. The van der Waals surface area contributed by atoms with Crippen LogP contribution >= 0.6 is 0 Å². The number of hydrogen-bond acceptors (Lipinski definition) is 2. The lowest BCUT2D eigenvalue weighted by Crippen LogP contribution is -2.24. The molecule has 0 heterocycles. The van der Waals surface area contributed by atoms with E-state index in [-0.39, 0.29) is 18.5 Å². The molecule has 0 aliphatic heterocycles. The van der Waals surface area contributed by atoms with Crippen molar-refractivity contribution in [3.8, 4) is 0 Å². The summed E-state index contributed by atoms with van der Waals surface area (Å²) in [5.41, 5.74) is 0.317. The minimum absolute atomic E-state index is 0.186. The van der Waals surface area contributed by atoms with E-state index in [1.807, 2.05) is 0 Å². The van der Waals surface area contributed by atoms with E-state index >= 15 is 0 Å². The van der Waals surface area contributed by atoms with E-state index in [9.17, 15) is 9.50 Å². The molecule has 1 aliphatic rings. The molecule has 1 saturated carbocycles. The van der Waals surface area contributed by atoms with Crippen molar-refractivity contribution in [2.75, 3.05) is 6.61 Å². The molecule has 1 atom stereocenters. The average molecular weight is 210 g/mol. The fourth-order valence-electron chi connectivity index (χ4n) is 1.60. The van der Waals surface area contributed by atoms with Crippen LogP contribution in [0.2, 0.25) is 0 Å². The summed E-state index contributed by atoms with van der Waals surface area (Å²) in [4.78, 5) is 0. The largest absolute Gasteiger partial charge is 0.386 e. The molecule has 2 nitrogen and oxygen atoms in total. The van der Waals surface area contributed by atoms with Crippen molar-refractivity contribution in [1.29, 1.82) is 0 Å². The second-order valence-electron chi connectivity index (χ2n) is 3.92. The van der Waals surface area contributed by atoms with Crippen LogP contribution < -0.4 is 0 Å². The average Bonchev–Trinajstić information content (AvgIpc) is 2.16. The number of ether oxygens (including phenoxy) is 1. The molecule has 3 heteroatoms. The molecule has 0 aromatic heterocycles. The SMILES string of the molecule is OC(COC1CCC1)c1ccccc1F. The van der Waals surface area contributed by atoms with Gasteiger partial charge in [-0.1, -0.05) is 18.2 Å². The summed E-state index contributed by atoms with van der Waals surface area (Å²) in [5.74, 6) is -0.373. The first-order valence-electron chi connectivity index (χ1n) is 5.31. The van der Waals surface area contributed by atoms with Crippen molar-refractivity contribution in [3.63, 3.8) is 0 Å². The Kier molecular flexibility index (Phi) is 3.34. The monoisotopic (exact) mass is 210 g/mol. The second kappa shape index (κ2) is 4.73. The Hall–Kier alpha value is -0.930. The van der Waals surface area contributed by atoms with Gasteiger partial charge in [0.15, 0.2) is 0 Å². The first-order chi connectivity index (χ1) is 7.27. The van der Waals surface area contributed by atoms with Crippen molar-refractivity contribution < 1.29 is 14.2 Å². The fourth-order valence-corrected chi connectivity index (χ4v) is 1.60. The molecule has 2 rings (SSSR count). The maximum atomic E-state index is 13.2. The number of aliphatic hydroxyl groups excluding tert-OH is 1. The fraction of sp³-hybridized carbons (Fsp3) is 0.500. The molecule has 82 valence electrons. The van der Waals surface area contributed by atoms with Gasteiger partial charge in [-0.25, -0.2) is 4.39 Å². The molecule has 1 fully saturated rings. The number of rotatable bonds is 4. The molecule has 15 heavy (non-hydrogen) atoms. The Balaban J connectivity index is 1.89. The van der Waals surface area contributed by atoms with Crippen LogP contribution in [0.25, 0.3) is 0 Å². The lowest BCUT2D eigenvalue weighted by atomic mass is 9.96. The summed E-state index contributed by atoms with van der Waals surface area (Å²) < 4.78 is 18.7. The Labute approximate surface area is 88.7 Å². The zero-order valence-electron chi connectivity index (χ0n) is 8.53. The molecule has 0 amide bonds. The molecular weight excluding hydrogens is 195 g/mol. The summed E-state index contributed by atoms with van der Waals surface area (Å²) in [6.07, 6.45) is 2.73. The highest BCUT2D eigenvalue weighted by molar-refractivity contribution is 5.19. The van der Waals surface area contributed by atoms with Crippen LogP contribution in [0.1, 0.15) is 30.9 Å². The summed E-state index contributed by atoms with van der Waals surface area (Å²) >= 11 is 0. The Morgan fingerprint density at radius 3 is 2.73 bits per heavy atom. The van der Waals surface area contributed by atoms with Crippen molar-refractivity contribution >= 4 is 0 Å². The molecule has 1 aliphatic carbocycles. The predicted molar refractivity (Wildman–Crippen MR) is 55.0 cm³/mol. The quantitative estimate of drug-likeness (QED) is 0.827. The zero-order valence-corrected chi connectivity index (χ0v) is 8.53. The third kappa shape index (κ3) is 2.55. The number of hydrogen-bond donors (Lipinski definition) is 1. The molecule has 1 unspecified atom stereocenters. The van der Waals surface area contributed by atoms with E-state index in [4.69, 9.17) is 4.74 Å². The zero-order chi connectivity index (χ0) is 10.7. The normalized spacial score (nSPS) is 18.5. The van der Waals surface area contributed by atoms with Crippen molar-refractivity contribution in [3.05, 3.63) is 35.6 Å². The minimum Gasteiger partial charge on any atom is -0.386 e. The third-order valence-corrected chi connectivity index (χ3v) is 2.81. The van der Waals surface area contributed by atoms with Crippen LogP contribution in [-0.2, 0) is 4.74 Å².